The molecule has 3 aliphatic heterocycles. The minimum Gasteiger partial charge on any atom is -0.351 e. The second kappa shape index (κ2) is 7.20. The molecular formula is C25H24ClN3O3. The highest BCUT2D eigenvalue weighted by atomic mass is 35.5. The lowest BCUT2D eigenvalue weighted by Crippen LogP contribution is -2.53. The van der Waals surface area contributed by atoms with Crippen LogP contribution < -0.4 is 10.2 Å². The lowest BCUT2D eigenvalue weighted by molar-refractivity contribution is -0.146. The zero-order chi connectivity index (χ0) is 22.8. The zero-order valence-electron chi connectivity index (χ0n) is 18.1. The van der Waals surface area contributed by atoms with Gasteiger partial charge in [-0.3, -0.25) is 19.3 Å². The van der Waals surface area contributed by atoms with Crippen LogP contribution in [-0.2, 0) is 14.4 Å². The normalized spacial score (nSPS) is 26.1. The first-order valence-corrected chi connectivity index (χ1v) is 11.1. The molecule has 2 fully saturated rings. The maximum absolute atomic E-state index is 13.6. The monoisotopic (exact) mass is 449 g/mol. The minimum absolute atomic E-state index is 0.215. The fourth-order valence-electron chi connectivity index (χ4n) is 5.22. The van der Waals surface area contributed by atoms with E-state index in [2.05, 4.69) is 5.32 Å². The van der Waals surface area contributed by atoms with Crippen molar-refractivity contribution in [3.8, 4) is 0 Å². The Morgan fingerprint density at radius 1 is 0.969 bits per heavy atom. The first-order valence-electron chi connectivity index (χ1n) is 10.7. The number of nitrogens with one attached hydrogen (secondary N) is 1. The molecule has 0 radical (unpaired) electrons. The number of nitrogens with zero attached hydrogens (tertiary/aromatic N) is 2. The average molecular weight is 450 g/mol. The Balaban J connectivity index is 1.59. The number of hydrogen-bond donors (Lipinski definition) is 1. The fraction of sp³-hybridized carbons (Fsp3) is 0.320. The SMILES string of the molecule is CC(C)(C)N1C(=O)[C@@H]2[C@H](C1=O)[C@H](C(=O)Nc1ccc(Cl)cc1)N1c3ccccc3C=C[C@@H]21. The molecule has 5 rings (SSSR count). The molecule has 2 saturated heterocycles. The molecule has 1 N–H and O–H groups in total. The van der Waals surface area contributed by atoms with Crippen molar-refractivity contribution in [1.82, 2.24) is 4.90 Å². The molecule has 0 unspecified atom stereocenters. The van der Waals surface area contributed by atoms with Crippen molar-refractivity contribution in [3.63, 3.8) is 0 Å². The van der Waals surface area contributed by atoms with Crippen LogP contribution in [0, 0.1) is 11.8 Å². The highest BCUT2D eigenvalue weighted by Gasteiger charge is 2.65. The molecule has 0 aliphatic carbocycles. The van der Waals surface area contributed by atoms with Crippen LogP contribution in [0.5, 0.6) is 0 Å². The molecule has 6 nitrogen and oxygen atoms in total. The van der Waals surface area contributed by atoms with Crippen LogP contribution in [0.4, 0.5) is 11.4 Å². The van der Waals surface area contributed by atoms with Crippen LogP contribution in [0.1, 0.15) is 26.3 Å². The maximum atomic E-state index is 13.6. The van der Waals surface area contributed by atoms with Gasteiger partial charge in [0.1, 0.15) is 6.04 Å². The Kier molecular flexibility index (Phi) is 4.67. The van der Waals surface area contributed by atoms with Crippen LogP contribution >= 0.6 is 11.6 Å². The van der Waals surface area contributed by atoms with Gasteiger partial charge in [0.15, 0.2) is 0 Å². The number of rotatable bonds is 2. The summed E-state index contributed by atoms with van der Waals surface area (Å²) in [5.74, 6) is -2.17. The number of fused-ring (bicyclic) bond motifs is 5. The zero-order valence-corrected chi connectivity index (χ0v) is 18.8. The molecule has 3 aliphatic rings. The van der Waals surface area contributed by atoms with Gasteiger partial charge < -0.3 is 10.2 Å². The second-order valence-corrected chi connectivity index (χ2v) is 9.93. The number of likely N-dealkylation sites (tertiary alicyclic amines) is 1. The molecule has 2 aromatic carbocycles. The van der Waals surface area contributed by atoms with E-state index < -0.39 is 23.4 Å². The van der Waals surface area contributed by atoms with Gasteiger partial charge in [0.2, 0.25) is 17.7 Å². The summed E-state index contributed by atoms with van der Waals surface area (Å²) in [5.41, 5.74) is 1.75. The van der Waals surface area contributed by atoms with Gasteiger partial charge in [-0.2, -0.15) is 0 Å². The number of para-hydroxylation sites is 1. The summed E-state index contributed by atoms with van der Waals surface area (Å²) in [6, 6.07) is 13.4. The average Bonchev–Trinajstić information content (AvgIpc) is 3.22. The van der Waals surface area contributed by atoms with E-state index in [1.807, 2.05) is 62.1 Å². The van der Waals surface area contributed by atoms with Gasteiger partial charge in [0.05, 0.1) is 17.9 Å². The summed E-state index contributed by atoms with van der Waals surface area (Å²) in [6.45, 7) is 5.53. The van der Waals surface area contributed by atoms with E-state index in [1.165, 1.54) is 4.90 Å². The van der Waals surface area contributed by atoms with Gasteiger partial charge >= 0.3 is 0 Å². The molecule has 164 valence electrons. The number of carbonyl (C=O) groups is 3. The summed E-state index contributed by atoms with van der Waals surface area (Å²) < 4.78 is 0. The van der Waals surface area contributed by atoms with Gasteiger partial charge in [-0.05, 0) is 56.7 Å². The summed E-state index contributed by atoms with van der Waals surface area (Å²) >= 11 is 5.97. The lowest BCUT2D eigenvalue weighted by atomic mass is 9.88. The van der Waals surface area contributed by atoms with Crippen molar-refractivity contribution >= 4 is 46.8 Å². The smallest absolute Gasteiger partial charge is 0.247 e. The van der Waals surface area contributed by atoms with Crippen LogP contribution in [0.25, 0.3) is 6.08 Å². The quantitative estimate of drug-likeness (QED) is 0.704. The van der Waals surface area contributed by atoms with Crippen molar-refractivity contribution < 1.29 is 14.4 Å². The van der Waals surface area contributed by atoms with Gasteiger partial charge in [0, 0.05) is 21.9 Å². The lowest BCUT2D eigenvalue weighted by Gasteiger charge is -2.38. The van der Waals surface area contributed by atoms with E-state index >= 15 is 0 Å². The molecule has 3 heterocycles. The third kappa shape index (κ3) is 3.05. The molecule has 0 aromatic heterocycles. The summed E-state index contributed by atoms with van der Waals surface area (Å²) in [5, 5.41) is 3.50. The number of benzene rings is 2. The standard InChI is InChI=1S/C25H24ClN3O3/c1-25(2,3)29-23(31)19-18-13-8-14-6-4-5-7-17(14)28(18)21(20(19)24(29)32)22(30)27-16-11-9-15(26)10-12-16/h4-13,18-21H,1-3H3,(H,27,30)/t18-,19-,20-,21+/m0/s1. The summed E-state index contributed by atoms with van der Waals surface area (Å²) in [6.07, 6.45) is 3.93. The highest BCUT2D eigenvalue weighted by molar-refractivity contribution is 6.30. The highest BCUT2D eigenvalue weighted by Crippen LogP contribution is 2.49. The molecule has 0 saturated carbocycles. The molecule has 0 bridgehead atoms. The van der Waals surface area contributed by atoms with Crippen molar-refractivity contribution in [2.24, 2.45) is 11.8 Å². The van der Waals surface area contributed by atoms with E-state index in [0.717, 1.165) is 11.3 Å². The van der Waals surface area contributed by atoms with E-state index in [4.69, 9.17) is 11.6 Å². The third-order valence-corrected chi connectivity index (χ3v) is 6.72. The Morgan fingerprint density at radius 3 is 2.31 bits per heavy atom. The van der Waals surface area contributed by atoms with Crippen molar-refractivity contribution in [2.45, 2.75) is 38.4 Å². The summed E-state index contributed by atoms with van der Waals surface area (Å²) in [4.78, 5) is 44.0. The largest absolute Gasteiger partial charge is 0.351 e. The molecule has 3 amide bonds. The van der Waals surface area contributed by atoms with Gasteiger partial charge in [0.25, 0.3) is 0 Å². The van der Waals surface area contributed by atoms with Gasteiger partial charge in [-0.15, -0.1) is 0 Å². The number of hydrogen-bond acceptors (Lipinski definition) is 4. The van der Waals surface area contributed by atoms with Crippen molar-refractivity contribution in [3.05, 3.63) is 65.2 Å². The predicted molar refractivity (Wildman–Crippen MR) is 124 cm³/mol. The Hall–Kier alpha value is -3.12. The fourth-order valence-corrected chi connectivity index (χ4v) is 5.35. The van der Waals surface area contributed by atoms with Crippen molar-refractivity contribution in [1.29, 1.82) is 0 Å². The second-order valence-electron chi connectivity index (χ2n) is 9.49. The first-order chi connectivity index (χ1) is 15.2. The van der Waals surface area contributed by atoms with Gasteiger partial charge in [-0.1, -0.05) is 42.0 Å². The predicted octanol–water partition coefficient (Wildman–Crippen LogP) is 3.96. The van der Waals surface area contributed by atoms with E-state index in [-0.39, 0.29) is 23.8 Å². The number of halogens is 1. The molecule has 2 aromatic rings. The molecule has 4 atom stereocenters. The topological polar surface area (TPSA) is 69.7 Å². The molecule has 32 heavy (non-hydrogen) atoms. The molecular weight excluding hydrogens is 426 g/mol. The van der Waals surface area contributed by atoms with E-state index in [1.54, 1.807) is 24.3 Å². The van der Waals surface area contributed by atoms with Crippen LogP contribution in [0.15, 0.2) is 54.6 Å². The van der Waals surface area contributed by atoms with Crippen molar-refractivity contribution in [2.75, 3.05) is 10.2 Å². The van der Waals surface area contributed by atoms with E-state index in [0.29, 0.717) is 10.7 Å². The molecule has 0 spiro atoms. The maximum Gasteiger partial charge on any atom is 0.247 e. The number of anilines is 2. The van der Waals surface area contributed by atoms with E-state index in [9.17, 15) is 14.4 Å². The van der Waals surface area contributed by atoms with Crippen LogP contribution in [0.3, 0.4) is 0 Å². The van der Waals surface area contributed by atoms with Gasteiger partial charge in [-0.25, -0.2) is 0 Å². The number of amides is 3. The Bertz CT molecular complexity index is 1150. The number of imide groups is 1. The van der Waals surface area contributed by atoms with Crippen LogP contribution in [-0.4, -0.2) is 40.2 Å². The van der Waals surface area contributed by atoms with Crippen LogP contribution in [0.2, 0.25) is 5.02 Å². The third-order valence-electron chi connectivity index (χ3n) is 6.47. The molecule has 7 heteroatoms. The minimum atomic E-state index is -0.810. The number of carbonyl (C=O) groups excluding carboxylic acids is 3. The Labute approximate surface area is 191 Å². The Morgan fingerprint density at radius 2 is 1.62 bits per heavy atom. The summed E-state index contributed by atoms with van der Waals surface area (Å²) in [7, 11) is 0. The first kappa shape index (κ1) is 20.8.